The van der Waals surface area contributed by atoms with Gasteiger partial charge in [-0.1, -0.05) is 30.3 Å². The SMILES string of the molecule is CON(C)c1ccc(C(=O)Nc2ccc3ccccc3c2)cc1[N+](=O)[O-]. The van der Waals surface area contributed by atoms with Crippen LogP contribution in [-0.4, -0.2) is 25.0 Å². The van der Waals surface area contributed by atoms with Crippen LogP contribution in [0.4, 0.5) is 17.1 Å². The summed E-state index contributed by atoms with van der Waals surface area (Å²) in [5.41, 5.74) is 0.868. The van der Waals surface area contributed by atoms with E-state index in [1.54, 1.807) is 13.1 Å². The molecule has 0 saturated heterocycles. The van der Waals surface area contributed by atoms with Crippen LogP contribution in [0.5, 0.6) is 0 Å². The van der Waals surface area contributed by atoms with Crippen LogP contribution in [0.3, 0.4) is 0 Å². The molecule has 132 valence electrons. The minimum absolute atomic E-state index is 0.193. The second kappa shape index (κ2) is 7.20. The zero-order chi connectivity index (χ0) is 18.7. The van der Waals surface area contributed by atoms with Crippen molar-refractivity contribution in [2.24, 2.45) is 0 Å². The lowest BCUT2D eigenvalue weighted by atomic mass is 10.1. The summed E-state index contributed by atoms with van der Waals surface area (Å²) in [6.07, 6.45) is 0. The summed E-state index contributed by atoms with van der Waals surface area (Å²) < 4.78 is 0. The van der Waals surface area contributed by atoms with Gasteiger partial charge in [0, 0.05) is 24.4 Å². The zero-order valence-electron chi connectivity index (χ0n) is 14.3. The molecule has 1 amide bonds. The Balaban J connectivity index is 1.89. The predicted molar refractivity (Wildman–Crippen MR) is 100 cm³/mol. The Morgan fingerprint density at radius 1 is 1.08 bits per heavy atom. The fourth-order valence-corrected chi connectivity index (χ4v) is 2.65. The monoisotopic (exact) mass is 351 g/mol. The van der Waals surface area contributed by atoms with E-state index in [0.717, 1.165) is 10.8 Å². The first kappa shape index (κ1) is 17.4. The summed E-state index contributed by atoms with van der Waals surface area (Å²) in [5.74, 6) is -0.421. The molecule has 0 atom stereocenters. The van der Waals surface area contributed by atoms with Crippen LogP contribution in [0.25, 0.3) is 10.8 Å². The first-order chi connectivity index (χ1) is 12.5. The summed E-state index contributed by atoms with van der Waals surface area (Å²) in [6, 6.07) is 17.6. The van der Waals surface area contributed by atoms with E-state index in [9.17, 15) is 14.9 Å². The number of hydroxylamine groups is 1. The molecule has 1 N–H and O–H groups in total. The fourth-order valence-electron chi connectivity index (χ4n) is 2.65. The average molecular weight is 351 g/mol. The lowest BCUT2D eigenvalue weighted by molar-refractivity contribution is -0.384. The zero-order valence-corrected chi connectivity index (χ0v) is 14.3. The lowest BCUT2D eigenvalue weighted by Gasteiger charge is -2.16. The molecule has 0 aliphatic rings. The number of nitrogens with zero attached hydrogens (tertiary/aromatic N) is 2. The molecule has 0 bridgehead atoms. The van der Waals surface area contributed by atoms with E-state index in [-0.39, 0.29) is 16.9 Å². The number of benzene rings is 3. The van der Waals surface area contributed by atoms with Crippen LogP contribution in [0, 0.1) is 10.1 Å². The van der Waals surface area contributed by atoms with Gasteiger partial charge in [0.05, 0.1) is 12.0 Å². The summed E-state index contributed by atoms with van der Waals surface area (Å²) in [5, 5.41) is 17.4. The molecule has 0 aliphatic carbocycles. The second-order valence-corrected chi connectivity index (χ2v) is 5.66. The molecule has 0 fully saturated rings. The van der Waals surface area contributed by atoms with E-state index < -0.39 is 10.8 Å². The molecule has 7 nitrogen and oxygen atoms in total. The van der Waals surface area contributed by atoms with Crippen LogP contribution in [0.15, 0.2) is 60.7 Å². The highest BCUT2D eigenvalue weighted by Crippen LogP contribution is 2.29. The highest BCUT2D eigenvalue weighted by molar-refractivity contribution is 6.06. The predicted octanol–water partition coefficient (Wildman–Crippen LogP) is 4.00. The third kappa shape index (κ3) is 3.47. The van der Waals surface area contributed by atoms with Crippen molar-refractivity contribution in [1.29, 1.82) is 0 Å². The number of hydrogen-bond donors (Lipinski definition) is 1. The summed E-state index contributed by atoms with van der Waals surface area (Å²) >= 11 is 0. The number of fused-ring (bicyclic) bond motifs is 1. The van der Waals surface area contributed by atoms with E-state index in [0.29, 0.717) is 5.69 Å². The Bertz CT molecular complexity index is 987. The van der Waals surface area contributed by atoms with Gasteiger partial charge in [-0.2, -0.15) is 0 Å². The van der Waals surface area contributed by atoms with Crippen molar-refractivity contribution in [3.05, 3.63) is 76.3 Å². The molecule has 26 heavy (non-hydrogen) atoms. The topological polar surface area (TPSA) is 84.7 Å². The maximum atomic E-state index is 12.5. The highest BCUT2D eigenvalue weighted by atomic mass is 16.7. The Hall–Kier alpha value is -3.45. The van der Waals surface area contributed by atoms with Gasteiger partial charge in [0.2, 0.25) is 0 Å². The van der Waals surface area contributed by atoms with Crippen molar-refractivity contribution in [3.63, 3.8) is 0 Å². The van der Waals surface area contributed by atoms with Gasteiger partial charge in [-0.25, -0.2) is 0 Å². The van der Waals surface area contributed by atoms with Gasteiger partial charge in [-0.15, -0.1) is 0 Å². The minimum Gasteiger partial charge on any atom is -0.322 e. The third-order valence-electron chi connectivity index (χ3n) is 4.05. The first-order valence-corrected chi connectivity index (χ1v) is 7.86. The van der Waals surface area contributed by atoms with Crippen molar-refractivity contribution in [1.82, 2.24) is 0 Å². The van der Waals surface area contributed by atoms with E-state index in [1.807, 2.05) is 36.4 Å². The van der Waals surface area contributed by atoms with Crippen molar-refractivity contribution < 1.29 is 14.6 Å². The molecule has 0 aliphatic heterocycles. The van der Waals surface area contributed by atoms with E-state index in [1.165, 1.54) is 30.4 Å². The molecular formula is C19H17N3O4. The van der Waals surface area contributed by atoms with Gasteiger partial charge in [-0.3, -0.25) is 24.8 Å². The van der Waals surface area contributed by atoms with Crippen molar-refractivity contribution in [2.75, 3.05) is 24.5 Å². The van der Waals surface area contributed by atoms with Gasteiger partial charge in [-0.05, 0) is 35.0 Å². The van der Waals surface area contributed by atoms with E-state index in [2.05, 4.69) is 5.32 Å². The fraction of sp³-hybridized carbons (Fsp3) is 0.105. The molecule has 0 aromatic heterocycles. The van der Waals surface area contributed by atoms with Crippen LogP contribution in [-0.2, 0) is 4.84 Å². The van der Waals surface area contributed by atoms with Crippen LogP contribution >= 0.6 is 0 Å². The number of anilines is 2. The molecule has 0 saturated carbocycles. The molecule has 0 heterocycles. The van der Waals surface area contributed by atoms with Crippen LogP contribution < -0.4 is 10.4 Å². The average Bonchev–Trinajstić information content (AvgIpc) is 2.66. The summed E-state index contributed by atoms with van der Waals surface area (Å²) in [6.45, 7) is 0. The van der Waals surface area contributed by atoms with Gasteiger partial charge in [0.1, 0.15) is 5.69 Å². The number of amides is 1. The molecular weight excluding hydrogens is 334 g/mol. The standard InChI is InChI=1S/C19H17N3O4/c1-21(26-2)17-10-8-15(12-18(17)22(24)25)19(23)20-16-9-7-13-5-3-4-6-14(13)11-16/h3-12H,1-2H3,(H,20,23). The third-order valence-corrected chi connectivity index (χ3v) is 4.05. The van der Waals surface area contributed by atoms with Crippen molar-refractivity contribution in [2.45, 2.75) is 0 Å². The van der Waals surface area contributed by atoms with Gasteiger partial charge < -0.3 is 5.32 Å². The summed E-state index contributed by atoms with van der Waals surface area (Å²) in [7, 11) is 2.96. The number of rotatable bonds is 5. The number of nitro benzene ring substituents is 1. The largest absolute Gasteiger partial charge is 0.322 e. The van der Waals surface area contributed by atoms with E-state index >= 15 is 0 Å². The van der Waals surface area contributed by atoms with Gasteiger partial charge in [0.15, 0.2) is 0 Å². The van der Waals surface area contributed by atoms with Gasteiger partial charge in [0.25, 0.3) is 11.6 Å². The van der Waals surface area contributed by atoms with E-state index in [4.69, 9.17) is 4.84 Å². The molecule has 3 aromatic rings. The van der Waals surface area contributed by atoms with Crippen molar-refractivity contribution >= 4 is 33.7 Å². The number of nitro groups is 1. The number of carbonyl (C=O) groups excluding carboxylic acids is 1. The lowest BCUT2D eigenvalue weighted by Crippen LogP contribution is -2.17. The quantitative estimate of drug-likeness (QED) is 0.555. The highest BCUT2D eigenvalue weighted by Gasteiger charge is 2.20. The summed E-state index contributed by atoms with van der Waals surface area (Å²) in [4.78, 5) is 28.3. The van der Waals surface area contributed by atoms with Crippen LogP contribution in [0.1, 0.15) is 10.4 Å². The minimum atomic E-state index is -0.544. The molecule has 0 unspecified atom stereocenters. The van der Waals surface area contributed by atoms with Gasteiger partial charge >= 0.3 is 0 Å². The second-order valence-electron chi connectivity index (χ2n) is 5.66. The number of hydrogen-bond acceptors (Lipinski definition) is 5. The molecule has 0 spiro atoms. The molecule has 3 rings (SSSR count). The Morgan fingerprint density at radius 3 is 2.50 bits per heavy atom. The smallest absolute Gasteiger partial charge is 0.295 e. The molecule has 7 heteroatoms. The maximum Gasteiger partial charge on any atom is 0.295 e. The Kier molecular flexibility index (Phi) is 4.81. The first-order valence-electron chi connectivity index (χ1n) is 7.86. The normalized spacial score (nSPS) is 10.5. The maximum absolute atomic E-state index is 12.5. The molecule has 0 radical (unpaired) electrons. The Morgan fingerprint density at radius 2 is 1.81 bits per heavy atom. The van der Waals surface area contributed by atoms with Crippen LogP contribution in [0.2, 0.25) is 0 Å². The molecule has 3 aromatic carbocycles. The Labute approximate surface area is 149 Å². The number of nitrogens with one attached hydrogen (secondary N) is 1. The van der Waals surface area contributed by atoms with Crippen molar-refractivity contribution in [3.8, 4) is 0 Å². The number of carbonyl (C=O) groups is 1.